The third-order valence-electron chi connectivity index (χ3n) is 3.74. The van der Waals surface area contributed by atoms with E-state index in [1.807, 2.05) is 24.3 Å². The molecule has 0 saturated carbocycles. The zero-order valence-electron chi connectivity index (χ0n) is 11.3. The highest BCUT2D eigenvalue weighted by atomic mass is 16.5. The van der Waals surface area contributed by atoms with E-state index >= 15 is 0 Å². The molecule has 96 valence electrons. The predicted molar refractivity (Wildman–Crippen MR) is 71.6 cm³/mol. The van der Waals surface area contributed by atoms with Gasteiger partial charge < -0.3 is 10.1 Å². The molecule has 1 fully saturated rings. The van der Waals surface area contributed by atoms with E-state index in [0.29, 0.717) is 0 Å². The summed E-state index contributed by atoms with van der Waals surface area (Å²) in [4.78, 5) is 0. The van der Waals surface area contributed by atoms with Crippen LogP contribution in [-0.4, -0.2) is 19.2 Å². The Balaban J connectivity index is 2.40. The maximum absolute atomic E-state index is 9.67. The molecule has 3 nitrogen and oxygen atoms in total. The fraction of sp³-hybridized carbons (Fsp3) is 0.533. The lowest BCUT2D eigenvalue weighted by Gasteiger charge is -2.42. The number of rotatable bonds is 2. The van der Waals surface area contributed by atoms with Gasteiger partial charge in [-0.2, -0.15) is 5.26 Å². The topological polar surface area (TPSA) is 45.0 Å². The molecular weight excluding hydrogens is 224 g/mol. The van der Waals surface area contributed by atoms with Gasteiger partial charge in [-0.3, -0.25) is 0 Å². The van der Waals surface area contributed by atoms with Crippen LogP contribution in [0.2, 0.25) is 0 Å². The van der Waals surface area contributed by atoms with Gasteiger partial charge in [0.15, 0.2) is 0 Å². The van der Waals surface area contributed by atoms with Crippen LogP contribution in [0.4, 0.5) is 0 Å². The van der Waals surface area contributed by atoms with E-state index < -0.39 is 5.41 Å². The van der Waals surface area contributed by atoms with Crippen LogP contribution in [-0.2, 0) is 5.41 Å². The second kappa shape index (κ2) is 4.62. The van der Waals surface area contributed by atoms with Crippen molar-refractivity contribution < 1.29 is 4.74 Å². The first-order chi connectivity index (χ1) is 8.51. The smallest absolute Gasteiger partial charge is 0.119 e. The highest BCUT2D eigenvalue weighted by Gasteiger charge is 2.41. The van der Waals surface area contributed by atoms with E-state index in [1.54, 1.807) is 7.11 Å². The number of piperidine rings is 1. The molecule has 1 aromatic rings. The van der Waals surface area contributed by atoms with Gasteiger partial charge in [-0.25, -0.2) is 0 Å². The van der Waals surface area contributed by atoms with Crippen molar-refractivity contribution in [3.8, 4) is 11.8 Å². The second-order valence-corrected chi connectivity index (χ2v) is 5.66. The Morgan fingerprint density at radius 3 is 2.78 bits per heavy atom. The minimum absolute atomic E-state index is 0.00292. The average molecular weight is 244 g/mol. The van der Waals surface area contributed by atoms with Crippen molar-refractivity contribution in [2.45, 2.75) is 37.6 Å². The monoisotopic (exact) mass is 244 g/mol. The van der Waals surface area contributed by atoms with Crippen LogP contribution in [0.3, 0.4) is 0 Å². The summed E-state index contributed by atoms with van der Waals surface area (Å²) in [5.41, 5.74) is 0.666. The largest absolute Gasteiger partial charge is 0.497 e. The van der Waals surface area contributed by atoms with Gasteiger partial charge in [-0.05, 0) is 50.9 Å². The minimum atomic E-state index is -0.400. The minimum Gasteiger partial charge on any atom is -0.497 e. The highest BCUT2D eigenvalue weighted by Crippen LogP contribution is 2.39. The van der Waals surface area contributed by atoms with Crippen molar-refractivity contribution in [1.82, 2.24) is 5.32 Å². The van der Waals surface area contributed by atoms with Crippen LogP contribution < -0.4 is 10.1 Å². The molecule has 1 saturated heterocycles. The van der Waals surface area contributed by atoms with Gasteiger partial charge in [-0.15, -0.1) is 0 Å². The number of nitrogens with zero attached hydrogens (tertiary/aromatic N) is 1. The average Bonchev–Trinajstić information content (AvgIpc) is 2.37. The maximum atomic E-state index is 9.67. The van der Waals surface area contributed by atoms with Crippen molar-refractivity contribution in [2.75, 3.05) is 13.7 Å². The quantitative estimate of drug-likeness (QED) is 0.869. The number of hydrogen-bond acceptors (Lipinski definition) is 3. The molecule has 1 heterocycles. The molecule has 1 atom stereocenters. The van der Waals surface area contributed by atoms with Crippen LogP contribution in [0.1, 0.15) is 32.3 Å². The summed E-state index contributed by atoms with van der Waals surface area (Å²) in [6, 6.07) is 10.4. The number of hydrogen-bond donors (Lipinski definition) is 1. The first-order valence-corrected chi connectivity index (χ1v) is 6.32. The molecule has 1 aliphatic rings. The summed E-state index contributed by atoms with van der Waals surface area (Å²) in [5.74, 6) is 0.818. The van der Waals surface area contributed by atoms with Gasteiger partial charge in [-0.1, -0.05) is 12.1 Å². The molecule has 1 N–H and O–H groups in total. The van der Waals surface area contributed by atoms with Gasteiger partial charge in [0.1, 0.15) is 5.75 Å². The standard InChI is InChI=1S/C15H20N2O/c1-14(2)10-15(11-16,7-8-17-14)12-5-4-6-13(9-12)18-3/h4-6,9,17H,7-8,10H2,1-3H3. The van der Waals surface area contributed by atoms with Gasteiger partial charge in [0.2, 0.25) is 0 Å². The van der Waals surface area contributed by atoms with Gasteiger partial charge >= 0.3 is 0 Å². The van der Waals surface area contributed by atoms with Crippen LogP contribution in [0.5, 0.6) is 5.75 Å². The van der Waals surface area contributed by atoms with Crippen molar-refractivity contribution in [3.05, 3.63) is 29.8 Å². The summed E-state index contributed by atoms with van der Waals surface area (Å²) in [5, 5.41) is 13.1. The molecule has 2 rings (SSSR count). The zero-order valence-corrected chi connectivity index (χ0v) is 11.3. The van der Waals surface area contributed by atoms with Crippen LogP contribution >= 0.6 is 0 Å². The van der Waals surface area contributed by atoms with Crippen molar-refractivity contribution in [3.63, 3.8) is 0 Å². The molecule has 1 aromatic carbocycles. The first-order valence-electron chi connectivity index (χ1n) is 6.32. The van der Waals surface area contributed by atoms with Gasteiger partial charge in [0, 0.05) is 5.54 Å². The molecular formula is C15H20N2O. The van der Waals surface area contributed by atoms with E-state index in [0.717, 1.165) is 30.7 Å². The Labute approximate surface area is 109 Å². The Kier molecular flexibility index (Phi) is 3.32. The number of ether oxygens (including phenoxy) is 1. The summed E-state index contributed by atoms with van der Waals surface area (Å²) < 4.78 is 5.26. The number of nitriles is 1. The summed E-state index contributed by atoms with van der Waals surface area (Å²) in [7, 11) is 1.66. The maximum Gasteiger partial charge on any atom is 0.119 e. The lowest BCUT2D eigenvalue weighted by Crippen LogP contribution is -2.52. The number of methoxy groups -OCH3 is 1. The normalized spacial score (nSPS) is 26.3. The first kappa shape index (κ1) is 12.9. The fourth-order valence-corrected chi connectivity index (χ4v) is 2.85. The van der Waals surface area contributed by atoms with E-state index in [-0.39, 0.29) is 5.54 Å². The van der Waals surface area contributed by atoms with Crippen molar-refractivity contribution >= 4 is 0 Å². The Morgan fingerprint density at radius 2 is 2.17 bits per heavy atom. The molecule has 0 spiro atoms. The summed E-state index contributed by atoms with van der Waals surface area (Å²) >= 11 is 0. The third kappa shape index (κ3) is 2.34. The Hall–Kier alpha value is -1.53. The fourth-order valence-electron chi connectivity index (χ4n) is 2.85. The van der Waals surface area contributed by atoms with Gasteiger partial charge in [0.25, 0.3) is 0 Å². The second-order valence-electron chi connectivity index (χ2n) is 5.66. The van der Waals surface area contributed by atoms with Crippen molar-refractivity contribution in [1.29, 1.82) is 5.26 Å². The molecule has 0 bridgehead atoms. The molecule has 1 unspecified atom stereocenters. The Bertz CT molecular complexity index is 476. The molecule has 0 radical (unpaired) electrons. The molecule has 3 heteroatoms. The highest BCUT2D eigenvalue weighted by molar-refractivity contribution is 5.39. The van der Waals surface area contributed by atoms with Gasteiger partial charge in [0.05, 0.1) is 18.6 Å². The SMILES string of the molecule is COc1cccc(C2(C#N)CCNC(C)(C)C2)c1. The molecule has 0 aliphatic carbocycles. The number of benzene rings is 1. The molecule has 0 amide bonds. The molecule has 0 aromatic heterocycles. The summed E-state index contributed by atoms with van der Waals surface area (Å²) in [6.45, 7) is 5.18. The number of nitrogens with one attached hydrogen (secondary N) is 1. The Morgan fingerprint density at radius 1 is 1.39 bits per heavy atom. The predicted octanol–water partition coefficient (Wildman–Crippen LogP) is 2.62. The van der Waals surface area contributed by atoms with E-state index in [1.165, 1.54) is 0 Å². The van der Waals surface area contributed by atoms with E-state index in [2.05, 4.69) is 25.2 Å². The molecule has 18 heavy (non-hydrogen) atoms. The van der Waals surface area contributed by atoms with Crippen LogP contribution in [0, 0.1) is 11.3 Å². The third-order valence-corrected chi connectivity index (χ3v) is 3.74. The van der Waals surface area contributed by atoms with E-state index in [4.69, 9.17) is 4.74 Å². The van der Waals surface area contributed by atoms with Crippen LogP contribution in [0.15, 0.2) is 24.3 Å². The van der Waals surface area contributed by atoms with Crippen LogP contribution in [0.25, 0.3) is 0 Å². The lowest BCUT2D eigenvalue weighted by atomic mass is 9.68. The lowest BCUT2D eigenvalue weighted by molar-refractivity contribution is 0.233. The summed E-state index contributed by atoms with van der Waals surface area (Å²) in [6.07, 6.45) is 1.67. The van der Waals surface area contributed by atoms with E-state index in [9.17, 15) is 5.26 Å². The molecule has 1 aliphatic heterocycles. The van der Waals surface area contributed by atoms with Crippen molar-refractivity contribution in [2.24, 2.45) is 0 Å². The zero-order chi connectivity index (χ0) is 13.2.